The van der Waals surface area contributed by atoms with E-state index in [4.69, 9.17) is 21.4 Å². The second kappa shape index (κ2) is 9.33. The van der Waals surface area contributed by atoms with Crippen LogP contribution in [0.25, 0.3) is 0 Å². The molecule has 21 heavy (non-hydrogen) atoms. The lowest BCUT2D eigenvalue weighted by atomic mass is 10.2. The Hall–Kier alpha value is -1.63. The highest BCUT2D eigenvalue weighted by Gasteiger charge is 2.14. The number of halogens is 1. The van der Waals surface area contributed by atoms with E-state index >= 15 is 0 Å². The molecule has 1 rings (SSSR count). The van der Waals surface area contributed by atoms with Crippen LogP contribution in [0, 0.1) is 0 Å². The molecule has 0 unspecified atom stereocenters. The van der Waals surface area contributed by atoms with Gasteiger partial charge in [-0.1, -0.05) is 11.6 Å². The summed E-state index contributed by atoms with van der Waals surface area (Å²) in [5, 5.41) is 12.0. The second-order valence-electron chi connectivity index (χ2n) is 4.29. The lowest BCUT2D eigenvalue weighted by Crippen LogP contribution is -2.42. The summed E-state index contributed by atoms with van der Waals surface area (Å²) in [6.45, 7) is 0.675. The summed E-state index contributed by atoms with van der Waals surface area (Å²) < 4.78 is 4.90. The van der Waals surface area contributed by atoms with Crippen molar-refractivity contribution in [1.29, 1.82) is 0 Å². The van der Waals surface area contributed by atoms with Crippen molar-refractivity contribution in [2.24, 2.45) is 0 Å². The molecule has 2 amide bonds. The number of aliphatic hydroxyl groups is 1. The zero-order valence-electron chi connectivity index (χ0n) is 11.8. The molecule has 0 aliphatic heterocycles. The number of nitrogens with one attached hydrogen (secondary N) is 1. The van der Waals surface area contributed by atoms with Crippen molar-refractivity contribution < 1.29 is 19.4 Å². The van der Waals surface area contributed by atoms with E-state index in [1.165, 1.54) is 12.0 Å². The Morgan fingerprint density at radius 1 is 1.29 bits per heavy atom. The molecular formula is C14H19ClN2O4. The van der Waals surface area contributed by atoms with Gasteiger partial charge in [-0.2, -0.15) is 0 Å². The first-order chi connectivity index (χ1) is 10.1. The first-order valence-electron chi connectivity index (χ1n) is 6.49. The Morgan fingerprint density at radius 2 is 1.95 bits per heavy atom. The number of ether oxygens (including phenoxy) is 1. The third-order valence-electron chi connectivity index (χ3n) is 2.79. The molecule has 0 saturated heterocycles. The highest BCUT2D eigenvalue weighted by Crippen LogP contribution is 2.09. The number of carbonyl (C=O) groups is 2. The summed E-state index contributed by atoms with van der Waals surface area (Å²) in [6.07, 6.45) is 0. The van der Waals surface area contributed by atoms with Gasteiger partial charge in [-0.15, -0.1) is 0 Å². The van der Waals surface area contributed by atoms with Crippen molar-refractivity contribution in [2.45, 2.75) is 0 Å². The summed E-state index contributed by atoms with van der Waals surface area (Å²) >= 11 is 5.74. The molecule has 0 spiro atoms. The minimum atomic E-state index is -0.351. The lowest BCUT2D eigenvalue weighted by Gasteiger charge is -2.21. The number of carbonyl (C=O) groups excluding carboxylic acids is 2. The number of aliphatic hydroxyl groups excluding tert-OH is 1. The van der Waals surface area contributed by atoms with Gasteiger partial charge in [0.25, 0.3) is 5.91 Å². The maximum Gasteiger partial charge on any atom is 0.251 e. The van der Waals surface area contributed by atoms with Gasteiger partial charge in [-0.25, -0.2) is 0 Å². The highest BCUT2D eigenvalue weighted by molar-refractivity contribution is 6.30. The molecule has 0 fully saturated rings. The Balaban J connectivity index is 2.49. The van der Waals surface area contributed by atoms with Crippen molar-refractivity contribution >= 4 is 23.4 Å². The molecule has 7 heteroatoms. The van der Waals surface area contributed by atoms with Crippen molar-refractivity contribution in [3.63, 3.8) is 0 Å². The highest BCUT2D eigenvalue weighted by atomic mass is 35.5. The van der Waals surface area contributed by atoms with E-state index in [0.29, 0.717) is 23.7 Å². The van der Waals surface area contributed by atoms with E-state index in [9.17, 15) is 9.59 Å². The molecule has 0 heterocycles. The zero-order chi connectivity index (χ0) is 15.7. The summed E-state index contributed by atoms with van der Waals surface area (Å²) in [7, 11) is 1.53. The predicted octanol–water partition coefficient (Wildman–Crippen LogP) is 0.537. The molecule has 1 aromatic rings. The molecular weight excluding hydrogens is 296 g/mol. The number of rotatable bonds is 8. The van der Waals surface area contributed by atoms with Gasteiger partial charge in [-0.3, -0.25) is 9.59 Å². The predicted molar refractivity (Wildman–Crippen MR) is 79.3 cm³/mol. The number of methoxy groups -OCH3 is 1. The topological polar surface area (TPSA) is 78.9 Å². The van der Waals surface area contributed by atoms with Crippen LogP contribution in [0.4, 0.5) is 0 Å². The molecule has 0 aromatic heterocycles. The number of nitrogens with zero attached hydrogens (tertiary/aromatic N) is 1. The molecule has 0 atom stereocenters. The first kappa shape index (κ1) is 17.4. The fraction of sp³-hybridized carbons (Fsp3) is 0.429. The van der Waals surface area contributed by atoms with Crippen molar-refractivity contribution in [1.82, 2.24) is 10.2 Å². The van der Waals surface area contributed by atoms with E-state index < -0.39 is 0 Å². The number of hydrogen-bond donors (Lipinski definition) is 2. The van der Waals surface area contributed by atoms with E-state index in [1.54, 1.807) is 24.3 Å². The fourth-order valence-corrected chi connectivity index (χ4v) is 1.78. The SMILES string of the molecule is COCCN(CCO)C(=O)CNC(=O)c1ccc(Cl)cc1. The second-order valence-corrected chi connectivity index (χ2v) is 4.72. The third kappa shape index (κ3) is 6.12. The van der Waals surface area contributed by atoms with Crippen LogP contribution in [0.2, 0.25) is 5.02 Å². The summed E-state index contributed by atoms with van der Waals surface area (Å²) in [5.41, 5.74) is 0.429. The van der Waals surface area contributed by atoms with Crippen LogP contribution in [0.15, 0.2) is 24.3 Å². The number of benzene rings is 1. The Morgan fingerprint density at radius 3 is 2.52 bits per heavy atom. The Bertz CT molecular complexity index is 465. The Labute approximate surface area is 128 Å². The van der Waals surface area contributed by atoms with E-state index in [0.717, 1.165) is 0 Å². The van der Waals surface area contributed by atoms with Gasteiger partial charge in [0.15, 0.2) is 0 Å². The van der Waals surface area contributed by atoms with E-state index in [-0.39, 0.29) is 31.5 Å². The van der Waals surface area contributed by atoms with Gasteiger partial charge in [0.2, 0.25) is 5.91 Å². The maximum absolute atomic E-state index is 12.0. The Kier molecular flexibility index (Phi) is 7.74. The molecule has 0 radical (unpaired) electrons. The van der Waals surface area contributed by atoms with Gasteiger partial charge in [-0.05, 0) is 24.3 Å². The van der Waals surface area contributed by atoms with Gasteiger partial charge < -0.3 is 20.1 Å². The smallest absolute Gasteiger partial charge is 0.251 e. The lowest BCUT2D eigenvalue weighted by molar-refractivity contribution is -0.131. The average molecular weight is 315 g/mol. The molecule has 1 aromatic carbocycles. The summed E-state index contributed by atoms with van der Waals surface area (Å²) in [6, 6.07) is 6.38. The largest absolute Gasteiger partial charge is 0.395 e. The quantitative estimate of drug-likeness (QED) is 0.734. The first-order valence-corrected chi connectivity index (χ1v) is 6.87. The molecule has 0 bridgehead atoms. The van der Waals surface area contributed by atoms with E-state index in [1.807, 2.05) is 0 Å². The maximum atomic E-state index is 12.0. The van der Waals surface area contributed by atoms with Crippen LogP contribution in [-0.4, -0.2) is 61.8 Å². The number of amides is 2. The zero-order valence-corrected chi connectivity index (χ0v) is 12.6. The average Bonchev–Trinajstić information content (AvgIpc) is 2.49. The molecule has 0 saturated carbocycles. The van der Waals surface area contributed by atoms with Crippen LogP contribution in [0.3, 0.4) is 0 Å². The van der Waals surface area contributed by atoms with Crippen LogP contribution < -0.4 is 5.32 Å². The van der Waals surface area contributed by atoms with Gasteiger partial charge in [0.1, 0.15) is 0 Å². The van der Waals surface area contributed by atoms with Crippen LogP contribution in [0.1, 0.15) is 10.4 Å². The monoisotopic (exact) mass is 314 g/mol. The van der Waals surface area contributed by atoms with Crippen LogP contribution >= 0.6 is 11.6 Å². The third-order valence-corrected chi connectivity index (χ3v) is 3.05. The summed E-state index contributed by atoms with van der Waals surface area (Å²) in [5.74, 6) is -0.626. The van der Waals surface area contributed by atoms with E-state index in [2.05, 4.69) is 5.32 Å². The van der Waals surface area contributed by atoms with Gasteiger partial charge in [0, 0.05) is 30.8 Å². The molecule has 2 N–H and O–H groups in total. The standard InChI is InChI=1S/C14H19ClN2O4/c1-21-9-7-17(6-8-18)13(19)10-16-14(20)11-2-4-12(15)5-3-11/h2-5,18H,6-10H2,1H3,(H,16,20). The minimum absolute atomic E-state index is 0.134. The van der Waals surface area contributed by atoms with Gasteiger partial charge >= 0.3 is 0 Å². The molecule has 0 aliphatic rings. The van der Waals surface area contributed by atoms with Gasteiger partial charge in [0.05, 0.1) is 19.8 Å². The van der Waals surface area contributed by atoms with Crippen LogP contribution in [-0.2, 0) is 9.53 Å². The normalized spacial score (nSPS) is 10.2. The minimum Gasteiger partial charge on any atom is -0.395 e. The van der Waals surface area contributed by atoms with Crippen LogP contribution in [0.5, 0.6) is 0 Å². The van der Waals surface area contributed by atoms with Crippen molar-refractivity contribution in [3.05, 3.63) is 34.9 Å². The molecule has 0 aliphatic carbocycles. The molecule has 6 nitrogen and oxygen atoms in total. The van der Waals surface area contributed by atoms with Crippen molar-refractivity contribution in [3.8, 4) is 0 Å². The number of hydrogen-bond acceptors (Lipinski definition) is 4. The van der Waals surface area contributed by atoms with Crippen molar-refractivity contribution in [2.75, 3.05) is 40.0 Å². The fourth-order valence-electron chi connectivity index (χ4n) is 1.65. The molecule has 116 valence electrons. The summed E-state index contributed by atoms with van der Waals surface area (Å²) in [4.78, 5) is 25.2.